The smallest absolute Gasteiger partial charge is 0.440 e. The predicted octanol–water partition coefficient (Wildman–Crippen LogP) is 2.57. The minimum atomic E-state index is -5.10. The Labute approximate surface area is 102 Å². The van der Waals surface area contributed by atoms with Gasteiger partial charge in [-0.05, 0) is 18.8 Å². The zero-order chi connectivity index (χ0) is 13.8. The van der Waals surface area contributed by atoms with Gasteiger partial charge in [-0.3, -0.25) is 4.79 Å². The molecule has 1 N–H and O–H groups in total. The third-order valence-corrected chi connectivity index (χ3v) is 2.90. The fraction of sp³-hybridized carbons (Fsp3) is 0.727. The van der Waals surface area contributed by atoms with E-state index in [1.165, 1.54) is 0 Å². The van der Waals surface area contributed by atoms with E-state index < -0.39 is 23.8 Å². The summed E-state index contributed by atoms with van der Waals surface area (Å²) < 4.78 is 36.7. The molecule has 1 fully saturated rings. The Kier molecular flexibility index (Phi) is 4.86. The van der Waals surface area contributed by atoms with E-state index in [9.17, 15) is 22.8 Å². The van der Waals surface area contributed by atoms with Crippen molar-refractivity contribution in [1.29, 1.82) is 0 Å². The van der Waals surface area contributed by atoms with Crippen LogP contribution < -0.4 is 0 Å². The van der Waals surface area contributed by atoms with Crippen LogP contribution >= 0.6 is 0 Å². The van der Waals surface area contributed by atoms with E-state index in [0.717, 1.165) is 32.1 Å². The lowest BCUT2D eigenvalue weighted by molar-refractivity contribution is -0.134. The maximum absolute atomic E-state index is 12.2. The Morgan fingerprint density at radius 1 is 1.17 bits per heavy atom. The van der Waals surface area contributed by atoms with E-state index in [4.69, 9.17) is 5.11 Å². The van der Waals surface area contributed by atoms with Crippen molar-refractivity contribution in [3.63, 3.8) is 0 Å². The average Bonchev–Trinajstić information content (AvgIpc) is 2.25. The number of hydrogen-bond acceptors (Lipinski definition) is 2. The van der Waals surface area contributed by atoms with Gasteiger partial charge in [0.05, 0.1) is 0 Å². The highest BCUT2D eigenvalue weighted by molar-refractivity contribution is 6.39. The molecule has 0 radical (unpaired) electrons. The van der Waals surface area contributed by atoms with E-state index in [0.29, 0.717) is 0 Å². The molecule has 0 unspecified atom stereocenters. The molecule has 4 nitrogen and oxygen atoms in total. The van der Waals surface area contributed by atoms with Crippen LogP contribution in [0.25, 0.3) is 0 Å². The van der Waals surface area contributed by atoms with Crippen molar-refractivity contribution in [2.75, 3.05) is 0 Å². The monoisotopic (exact) mass is 265 g/mol. The average molecular weight is 265 g/mol. The standard InChI is InChI=1S/C11H14F3NO3/c12-11(13,14)9(10(17)18)15-8(16)6-7-4-2-1-3-5-7/h7H,1-6H2,(H,17,18)/b15-9-. The number of nitrogens with zero attached hydrogens (tertiary/aromatic N) is 1. The molecule has 0 saturated heterocycles. The minimum absolute atomic E-state index is 0.0262. The van der Waals surface area contributed by atoms with Gasteiger partial charge in [-0.2, -0.15) is 13.2 Å². The molecule has 18 heavy (non-hydrogen) atoms. The molecule has 0 heterocycles. The first kappa shape index (κ1) is 14.7. The van der Waals surface area contributed by atoms with Crippen LogP contribution in [0, 0.1) is 5.92 Å². The first-order chi connectivity index (χ1) is 8.30. The van der Waals surface area contributed by atoms with E-state index in [1.807, 2.05) is 0 Å². The van der Waals surface area contributed by atoms with Crippen LogP contribution in [0.2, 0.25) is 0 Å². The number of aliphatic carboxylic acids is 1. The number of halogens is 3. The van der Waals surface area contributed by atoms with Crippen LogP contribution in [0.3, 0.4) is 0 Å². The molecule has 7 heteroatoms. The van der Waals surface area contributed by atoms with Crippen molar-refractivity contribution >= 4 is 17.6 Å². The lowest BCUT2D eigenvalue weighted by atomic mass is 9.87. The summed E-state index contributed by atoms with van der Waals surface area (Å²) in [5.41, 5.74) is -2.04. The van der Waals surface area contributed by atoms with Gasteiger partial charge < -0.3 is 5.11 Å². The summed E-state index contributed by atoms with van der Waals surface area (Å²) in [6.45, 7) is 0. The number of rotatable bonds is 3. The molecular weight excluding hydrogens is 251 g/mol. The SMILES string of the molecule is O=C(CC1CCCCC1)/N=C(/C(=O)O)C(F)(F)F. The summed E-state index contributed by atoms with van der Waals surface area (Å²) >= 11 is 0. The number of hydrogen-bond donors (Lipinski definition) is 1. The van der Waals surface area contributed by atoms with Gasteiger partial charge in [0.2, 0.25) is 11.6 Å². The molecule has 0 atom stereocenters. The molecular formula is C11H14F3NO3. The molecule has 0 aromatic carbocycles. The van der Waals surface area contributed by atoms with Gasteiger partial charge in [0.1, 0.15) is 0 Å². The first-order valence-electron chi connectivity index (χ1n) is 5.72. The molecule has 0 aliphatic heterocycles. The molecule has 1 aliphatic carbocycles. The van der Waals surface area contributed by atoms with Crippen LogP contribution in [-0.4, -0.2) is 28.9 Å². The first-order valence-corrected chi connectivity index (χ1v) is 5.72. The lowest BCUT2D eigenvalue weighted by Gasteiger charge is -2.19. The maximum Gasteiger partial charge on any atom is 0.440 e. The van der Waals surface area contributed by atoms with E-state index in [1.54, 1.807) is 0 Å². The van der Waals surface area contributed by atoms with Crippen LogP contribution in [0.4, 0.5) is 13.2 Å². The summed E-state index contributed by atoms with van der Waals surface area (Å²) in [6, 6.07) is 0. The lowest BCUT2D eigenvalue weighted by Crippen LogP contribution is -2.32. The van der Waals surface area contributed by atoms with E-state index >= 15 is 0 Å². The van der Waals surface area contributed by atoms with Gasteiger partial charge in [-0.1, -0.05) is 19.3 Å². The van der Waals surface area contributed by atoms with Crippen molar-refractivity contribution in [2.24, 2.45) is 10.9 Å². The molecule has 1 aliphatic rings. The highest BCUT2D eigenvalue weighted by atomic mass is 19.4. The van der Waals surface area contributed by atoms with Crippen molar-refractivity contribution in [3.05, 3.63) is 0 Å². The van der Waals surface area contributed by atoms with Gasteiger partial charge >= 0.3 is 12.1 Å². The Morgan fingerprint density at radius 2 is 1.72 bits per heavy atom. The van der Waals surface area contributed by atoms with Crippen molar-refractivity contribution < 1.29 is 27.9 Å². The largest absolute Gasteiger partial charge is 0.477 e. The second kappa shape index (κ2) is 5.97. The molecule has 0 bridgehead atoms. The second-order valence-corrected chi connectivity index (χ2v) is 4.37. The summed E-state index contributed by atoms with van der Waals surface area (Å²) in [5, 5.41) is 8.36. The van der Waals surface area contributed by atoms with E-state index in [2.05, 4.69) is 4.99 Å². The third-order valence-electron chi connectivity index (χ3n) is 2.90. The fourth-order valence-electron chi connectivity index (χ4n) is 2.04. The molecule has 1 amide bonds. The Morgan fingerprint density at radius 3 is 2.17 bits per heavy atom. The fourth-order valence-corrected chi connectivity index (χ4v) is 2.04. The number of alkyl halides is 3. The highest BCUT2D eigenvalue weighted by Gasteiger charge is 2.41. The summed E-state index contributed by atoms with van der Waals surface area (Å²) in [6.07, 6.45) is -0.664. The number of carbonyl (C=O) groups excluding carboxylic acids is 1. The normalized spacial score (nSPS) is 18.7. The molecule has 0 aromatic rings. The van der Waals surface area contributed by atoms with Crippen molar-refractivity contribution in [1.82, 2.24) is 0 Å². The van der Waals surface area contributed by atoms with E-state index in [-0.39, 0.29) is 12.3 Å². The van der Waals surface area contributed by atoms with Gasteiger partial charge in [-0.25, -0.2) is 9.79 Å². The third kappa shape index (κ3) is 4.46. The van der Waals surface area contributed by atoms with Crippen molar-refractivity contribution in [2.45, 2.75) is 44.7 Å². The van der Waals surface area contributed by atoms with Crippen LogP contribution in [-0.2, 0) is 9.59 Å². The van der Waals surface area contributed by atoms with Crippen molar-refractivity contribution in [3.8, 4) is 0 Å². The maximum atomic E-state index is 12.2. The molecule has 1 rings (SSSR count). The number of carbonyl (C=O) groups is 2. The topological polar surface area (TPSA) is 66.7 Å². The number of carboxylic acids is 1. The van der Waals surface area contributed by atoms with Crippen LogP contribution in [0.15, 0.2) is 4.99 Å². The Hall–Kier alpha value is -1.40. The number of amides is 1. The zero-order valence-corrected chi connectivity index (χ0v) is 9.66. The summed E-state index contributed by atoms with van der Waals surface area (Å²) in [4.78, 5) is 24.4. The van der Waals surface area contributed by atoms with Crippen LogP contribution in [0.5, 0.6) is 0 Å². The minimum Gasteiger partial charge on any atom is -0.477 e. The number of carboxylic acid groups (broad SMARTS) is 1. The predicted molar refractivity (Wildman–Crippen MR) is 57.3 cm³/mol. The molecule has 0 aromatic heterocycles. The van der Waals surface area contributed by atoms with Gasteiger partial charge in [0.15, 0.2) is 0 Å². The summed E-state index contributed by atoms with van der Waals surface area (Å²) in [5.74, 6) is -3.20. The molecule has 0 spiro atoms. The Balaban J connectivity index is 2.67. The van der Waals surface area contributed by atoms with Crippen LogP contribution in [0.1, 0.15) is 38.5 Å². The molecule has 102 valence electrons. The second-order valence-electron chi connectivity index (χ2n) is 4.37. The number of aliphatic imine (C=N–C) groups is 1. The van der Waals surface area contributed by atoms with Gasteiger partial charge in [-0.15, -0.1) is 0 Å². The molecule has 1 saturated carbocycles. The summed E-state index contributed by atoms with van der Waals surface area (Å²) in [7, 11) is 0. The quantitative estimate of drug-likeness (QED) is 0.797. The Bertz CT molecular complexity index is 357. The zero-order valence-electron chi connectivity index (χ0n) is 9.66. The van der Waals surface area contributed by atoms with Gasteiger partial charge in [0.25, 0.3) is 0 Å². The van der Waals surface area contributed by atoms with Gasteiger partial charge in [0, 0.05) is 6.42 Å². The highest BCUT2D eigenvalue weighted by Crippen LogP contribution is 2.27.